The van der Waals surface area contributed by atoms with Gasteiger partial charge in [-0.1, -0.05) is 18.2 Å². The smallest absolute Gasteiger partial charge is 0.416 e. The van der Waals surface area contributed by atoms with Crippen LogP contribution in [0.3, 0.4) is 0 Å². The molecule has 1 aliphatic heterocycles. The molecule has 0 saturated heterocycles. The molecule has 0 fully saturated rings. The quantitative estimate of drug-likeness (QED) is 0.667. The van der Waals surface area contributed by atoms with Crippen LogP contribution in [0.1, 0.15) is 21.7 Å². The van der Waals surface area contributed by atoms with Gasteiger partial charge in [-0.05, 0) is 37.3 Å². The van der Waals surface area contributed by atoms with E-state index in [9.17, 15) is 22.8 Å². The standard InChI is InChI=1S/C22H18F3N3O4/c1-13-9-17(29)20(27-28(13)15-6-4-5-14(10-15)22(23,24)25)21(30)26-11-16-12-31-18-7-2-3-8-19(18)32-16/h2-10,16H,11-12H2,1H3,(H,26,30). The van der Waals surface area contributed by atoms with Crippen molar-refractivity contribution < 1.29 is 27.4 Å². The minimum absolute atomic E-state index is 0.0473. The van der Waals surface area contributed by atoms with Crippen LogP contribution in [0.15, 0.2) is 59.4 Å². The third-order valence-corrected chi connectivity index (χ3v) is 4.80. The molecule has 4 rings (SSSR count). The number of carbonyl (C=O) groups is 1. The first-order chi connectivity index (χ1) is 15.2. The Morgan fingerprint density at radius 3 is 2.66 bits per heavy atom. The number of alkyl halides is 3. The van der Waals surface area contributed by atoms with Gasteiger partial charge in [0.1, 0.15) is 12.7 Å². The maximum absolute atomic E-state index is 13.1. The van der Waals surface area contributed by atoms with Crippen molar-refractivity contribution >= 4 is 5.91 Å². The van der Waals surface area contributed by atoms with Crippen molar-refractivity contribution in [2.45, 2.75) is 19.2 Å². The topological polar surface area (TPSA) is 82.5 Å². The van der Waals surface area contributed by atoms with E-state index in [0.29, 0.717) is 11.5 Å². The molecular weight excluding hydrogens is 427 g/mol. The van der Waals surface area contributed by atoms with Gasteiger partial charge >= 0.3 is 6.18 Å². The van der Waals surface area contributed by atoms with Gasteiger partial charge in [0.25, 0.3) is 5.91 Å². The van der Waals surface area contributed by atoms with Gasteiger partial charge in [-0.15, -0.1) is 0 Å². The van der Waals surface area contributed by atoms with Gasteiger partial charge in [0.15, 0.2) is 17.2 Å². The van der Waals surface area contributed by atoms with Gasteiger partial charge in [-0.3, -0.25) is 9.59 Å². The fraction of sp³-hybridized carbons (Fsp3) is 0.227. The van der Waals surface area contributed by atoms with E-state index in [4.69, 9.17) is 9.47 Å². The lowest BCUT2D eigenvalue weighted by molar-refractivity contribution is -0.137. The molecule has 7 nitrogen and oxygen atoms in total. The van der Waals surface area contributed by atoms with Crippen molar-refractivity contribution in [1.29, 1.82) is 0 Å². The molecule has 0 aliphatic carbocycles. The van der Waals surface area contributed by atoms with E-state index < -0.39 is 34.9 Å². The van der Waals surface area contributed by atoms with Gasteiger partial charge in [0.05, 0.1) is 17.8 Å². The van der Waals surface area contributed by atoms with E-state index in [1.54, 1.807) is 18.2 Å². The second-order valence-corrected chi connectivity index (χ2v) is 7.17. The number of amides is 1. The molecular formula is C22H18F3N3O4. The minimum atomic E-state index is -4.54. The van der Waals surface area contributed by atoms with Crippen LogP contribution in [-0.4, -0.2) is 34.9 Å². The first-order valence-electron chi connectivity index (χ1n) is 9.67. The van der Waals surface area contributed by atoms with Crippen molar-refractivity contribution in [3.8, 4) is 17.2 Å². The Bertz CT molecular complexity index is 1220. The molecule has 32 heavy (non-hydrogen) atoms. The van der Waals surface area contributed by atoms with Crippen molar-refractivity contribution in [1.82, 2.24) is 15.1 Å². The highest BCUT2D eigenvalue weighted by atomic mass is 19.4. The van der Waals surface area contributed by atoms with Crippen LogP contribution in [-0.2, 0) is 6.18 Å². The highest BCUT2D eigenvalue weighted by molar-refractivity contribution is 5.92. The number of carbonyl (C=O) groups excluding carboxylic acids is 1. The van der Waals surface area contributed by atoms with Crippen LogP contribution in [0.2, 0.25) is 0 Å². The van der Waals surface area contributed by atoms with Crippen LogP contribution < -0.4 is 20.2 Å². The molecule has 2 heterocycles. The van der Waals surface area contributed by atoms with Crippen LogP contribution in [0, 0.1) is 6.92 Å². The lowest BCUT2D eigenvalue weighted by atomic mass is 10.2. The van der Waals surface area contributed by atoms with Crippen LogP contribution in [0.5, 0.6) is 11.5 Å². The zero-order valence-corrected chi connectivity index (χ0v) is 16.8. The molecule has 1 N–H and O–H groups in total. The molecule has 2 aromatic carbocycles. The fourth-order valence-corrected chi connectivity index (χ4v) is 3.23. The maximum Gasteiger partial charge on any atom is 0.416 e. The SMILES string of the molecule is Cc1cc(=O)c(C(=O)NCC2COc3ccccc3O2)nn1-c1cccc(C(F)(F)F)c1. The molecule has 0 spiro atoms. The zero-order chi connectivity index (χ0) is 22.9. The second kappa shape index (κ2) is 8.37. The average molecular weight is 445 g/mol. The van der Waals surface area contributed by atoms with Crippen LogP contribution in [0.4, 0.5) is 13.2 Å². The average Bonchev–Trinajstić information content (AvgIpc) is 2.77. The Kier molecular flexibility index (Phi) is 5.60. The summed E-state index contributed by atoms with van der Waals surface area (Å²) in [5.41, 5.74) is -1.59. The summed E-state index contributed by atoms with van der Waals surface area (Å²) in [4.78, 5) is 24.9. The van der Waals surface area contributed by atoms with Gasteiger partial charge in [-0.25, -0.2) is 4.68 Å². The number of hydrogen-bond acceptors (Lipinski definition) is 5. The van der Waals surface area contributed by atoms with E-state index in [2.05, 4.69) is 10.4 Å². The first-order valence-corrected chi connectivity index (χ1v) is 9.67. The van der Waals surface area contributed by atoms with E-state index in [0.717, 1.165) is 22.9 Å². The summed E-state index contributed by atoms with van der Waals surface area (Å²) in [6, 6.07) is 12.7. The Balaban J connectivity index is 1.53. The maximum atomic E-state index is 13.1. The molecule has 10 heteroatoms. The third kappa shape index (κ3) is 4.43. The third-order valence-electron chi connectivity index (χ3n) is 4.80. The summed E-state index contributed by atoms with van der Waals surface area (Å²) in [6.07, 6.45) is -5.02. The van der Waals surface area contributed by atoms with Gasteiger partial charge in [-0.2, -0.15) is 18.3 Å². The second-order valence-electron chi connectivity index (χ2n) is 7.17. The molecule has 3 aromatic rings. The summed E-state index contributed by atoms with van der Waals surface area (Å²) in [7, 11) is 0. The minimum Gasteiger partial charge on any atom is -0.486 e. The summed E-state index contributed by atoms with van der Waals surface area (Å²) in [6.45, 7) is 1.76. The van der Waals surface area contributed by atoms with E-state index in [1.165, 1.54) is 19.1 Å². The summed E-state index contributed by atoms with van der Waals surface area (Å²) >= 11 is 0. The van der Waals surface area contributed by atoms with Crippen LogP contribution >= 0.6 is 0 Å². The van der Waals surface area contributed by atoms with Gasteiger partial charge in [0, 0.05) is 11.8 Å². The van der Waals surface area contributed by atoms with E-state index in [-0.39, 0.29) is 24.5 Å². The van der Waals surface area contributed by atoms with Crippen LogP contribution in [0.25, 0.3) is 5.69 Å². The summed E-state index contributed by atoms with van der Waals surface area (Å²) in [5.74, 6) is 0.371. The predicted molar refractivity (Wildman–Crippen MR) is 108 cm³/mol. The van der Waals surface area contributed by atoms with Crippen molar-refractivity contribution in [3.63, 3.8) is 0 Å². The largest absolute Gasteiger partial charge is 0.486 e. The zero-order valence-electron chi connectivity index (χ0n) is 16.8. The highest BCUT2D eigenvalue weighted by Crippen LogP contribution is 2.31. The van der Waals surface area contributed by atoms with Gasteiger partial charge in [0.2, 0.25) is 5.43 Å². The summed E-state index contributed by atoms with van der Waals surface area (Å²) < 4.78 is 51.6. The van der Waals surface area contributed by atoms with E-state index >= 15 is 0 Å². The molecule has 1 aromatic heterocycles. The highest BCUT2D eigenvalue weighted by Gasteiger charge is 2.31. The molecule has 1 amide bonds. The summed E-state index contributed by atoms with van der Waals surface area (Å²) in [5, 5.41) is 6.59. The Morgan fingerprint density at radius 1 is 1.16 bits per heavy atom. The Morgan fingerprint density at radius 2 is 1.91 bits per heavy atom. The number of fused-ring (bicyclic) bond motifs is 1. The molecule has 1 aliphatic rings. The molecule has 166 valence electrons. The molecule has 1 unspecified atom stereocenters. The number of rotatable bonds is 4. The lowest BCUT2D eigenvalue weighted by Crippen LogP contribution is -2.42. The number of nitrogens with zero attached hydrogens (tertiary/aromatic N) is 2. The van der Waals surface area contributed by atoms with Crippen molar-refractivity contribution in [2.75, 3.05) is 13.2 Å². The fourth-order valence-electron chi connectivity index (χ4n) is 3.23. The Hall–Kier alpha value is -3.82. The lowest BCUT2D eigenvalue weighted by Gasteiger charge is -2.26. The number of benzene rings is 2. The number of aryl methyl sites for hydroxylation is 1. The van der Waals surface area contributed by atoms with Crippen molar-refractivity contribution in [3.05, 3.63) is 81.8 Å². The number of ether oxygens (including phenoxy) is 2. The number of nitrogens with one attached hydrogen (secondary N) is 1. The Labute approximate surface area is 180 Å². The van der Waals surface area contributed by atoms with Gasteiger partial charge < -0.3 is 14.8 Å². The number of aromatic nitrogens is 2. The van der Waals surface area contributed by atoms with Crippen molar-refractivity contribution in [2.24, 2.45) is 0 Å². The first kappa shape index (κ1) is 21.4. The molecule has 0 bridgehead atoms. The number of hydrogen-bond donors (Lipinski definition) is 1. The number of para-hydroxylation sites is 2. The van der Waals surface area contributed by atoms with E-state index in [1.807, 2.05) is 6.07 Å². The normalized spacial score (nSPS) is 15.3. The molecule has 1 atom stereocenters. The molecule has 0 saturated carbocycles. The molecule has 0 radical (unpaired) electrons. The predicted octanol–water partition coefficient (Wildman–Crippen LogP) is 3.13. The monoisotopic (exact) mass is 445 g/mol. The number of halogens is 3.